The van der Waals surface area contributed by atoms with Crippen molar-refractivity contribution in [3.05, 3.63) is 103 Å². The molecule has 4 nitrogen and oxygen atoms in total. The van der Waals surface area contributed by atoms with E-state index in [0.717, 1.165) is 39.2 Å². The van der Waals surface area contributed by atoms with Gasteiger partial charge in [0.15, 0.2) is 5.82 Å². The van der Waals surface area contributed by atoms with Crippen LogP contribution in [0.15, 0.2) is 103 Å². The predicted molar refractivity (Wildman–Crippen MR) is 152 cm³/mol. The molecule has 0 unspecified atom stereocenters. The first-order chi connectivity index (χ1) is 17.8. The standard InChI is InChI=1S/C32H29BN2O2/c1-31(2)32(3,4)37-33(36-31)28-17-15-24(16-18-28)23-9-12-25(13-10-23)29-19-20-34-30(35-29)27-14-11-22-7-5-6-8-26(22)21-27/h5-21H,1-4H3. The number of fused-ring (bicyclic) bond motifs is 1. The van der Waals surface area contributed by atoms with E-state index in [1.807, 2.05) is 12.3 Å². The Balaban J connectivity index is 1.22. The Kier molecular flexibility index (Phi) is 5.71. The minimum Gasteiger partial charge on any atom is -0.399 e. The SMILES string of the molecule is CC1(C)OB(c2ccc(-c3ccc(-c4ccnc(-c5ccc6ccccc6c5)n4)cc3)cc2)OC1(C)C. The van der Waals surface area contributed by atoms with Gasteiger partial charge in [-0.2, -0.15) is 0 Å². The van der Waals surface area contributed by atoms with Gasteiger partial charge in [0.05, 0.1) is 16.9 Å². The molecule has 0 amide bonds. The van der Waals surface area contributed by atoms with Gasteiger partial charge < -0.3 is 9.31 Å². The first-order valence-electron chi connectivity index (χ1n) is 12.7. The third-order valence-electron chi connectivity index (χ3n) is 7.61. The number of aromatic nitrogens is 2. The zero-order valence-corrected chi connectivity index (χ0v) is 21.6. The molecule has 1 aromatic heterocycles. The van der Waals surface area contributed by atoms with Crippen LogP contribution in [0.25, 0.3) is 44.5 Å². The molecule has 2 heterocycles. The molecule has 0 radical (unpaired) electrons. The van der Waals surface area contributed by atoms with Crippen molar-refractivity contribution >= 4 is 23.4 Å². The fourth-order valence-corrected chi connectivity index (χ4v) is 4.63. The van der Waals surface area contributed by atoms with Gasteiger partial charge in [0.2, 0.25) is 0 Å². The van der Waals surface area contributed by atoms with Gasteiger partial charge in [-0.1, -0.05) is 84.9 Å². The highest BCUT2D eigenvalue weighted by molar-refractivity contribution is 6.62. The molecule has 1 fully saturated rings. The summed E-state index contributed by atoms with van der Waals surface area (Å²) in [6, 6.07) is 33.6. The lowest BCUT2D eigenvalue weighted by atomic mass is 9.78. The third-order valence-corrected chi connectivity index (χ3v) is 7.61. The number of nitrogens with zero attached hydrogens (tertiary/aromatic N) is 2. The molecular formula is C32H29BN2O2. The number of rotatable bonds is 4. The van der Waals surface area contributed by atoms with Crippen molar-refractivity contribution in [2.24, 2.45) is 0 Å². The summed E-state index contributed by atoms with van der Waals surface area (Å²) in [5.74, 6) is 0.727. The summed E-state index contributed by atoms with van der Waals surface area (Å²) in [6.45, 7) is 8.30. The monoisotopic (exact) mass is 484 g/mol. The molecule has 1 aliphatic rings. The lowest BCUT2D eigenvalue weighted by molar-refractivity contribution is 0.00578. The highest BCUT2D eigenvalue weighted by Crippen LogP contribution is 2.36. The Hall–Kier alpha value is -3.80. The highest BCUT2D eigenvalue weighted by Gasteiger charge is 2.51. The Morgan fingerprint density at radius 1 is 0.595 bits per heavy atom. The van der Waals surface area contributed by atoms with E-state index < -0.39 is 0 Å². The molecule has 0 spiro atoms. The van der Waals surface area contributed by atoms with Gasteiger partial charge in [-0.05, 0) is 67.2 Å². The molecule has 0 N–H and O–H groups in total. The first kappa shape index (κ1) is 23.6. The van der Waals surface area contributed by atoms with E-state index in [0.29, 0.717) is 0 Å². The molecule has 182 valence electrons. The molecule has 0 aliphatic carbocycles. The average molecular weight is 484 g/mol. The zero-order chi connectivity index (χ0) is 25.6. The molecule has 1 saturated heterocycles. The van der Waals surface area contributed by atoms with Crippen LogP contribution in [0, 0.1) is 0 Å². The van der Waals surface area contributed by atoms with Crippen LogP contribution < -0.4 is 5.46 Å². The van der Waals surface area contributed by atoms with Crippen molar-refractivity contribution in [3.63, 3.8) is 0 Å². The van der Waals surface area contributed by atoms with Crippen LogP contribution in [0.1, 0.15) is 27.7 Å². The molecule has 6 rings (SSSR count). The molecule has 5 heteroatoms. The van der Waals surface area contributed by atoms with Crippen molar-refractivity contribution in [2.45, 2.75) is 38.9 Å². The third kappa shape index (κ3) is 4.46. The molecule has 0 saturated carbocycles. The Morgan fingerprint density at radius 2 is 1.16 bits per heavy atom. The van der Waals surface area contributed by atoms with E-state index in [1.54, 1.807) is 0 Å². The van der Waals surface area contributed by atoms with Crippen molar-refractivity contribution in [3.8, 4) is 33.8 Å². The van der Waals surface area contributed by atoms with Gasteiger partial charge in [0, 0.05) is 17.3 Å². The van der Waals surface area contributed by atoms with Gasteiger partial charge in [0.1, 0.15) is 0 Å². The summed E-state index contributed by atoms with van der Waals surface area (Å²) in [5, 5.41) is 2.39. The topological polar surface area (TPSA) is 44.2 Å². The quantitative estimate of drug-likeness (QED) is 0.260. The lowest BCUT2D eigenvalue weighted by Gasteiger charge is -2.32. The fourth-order valence-electron chi connectivity index (χ4n) is 4.63. The van der Waals surface area contributed by atoms with Crippen molar-refractivity contribution in [1.29, 1.82) is 0 Å². The van der Waals surface area contributed by atoms with Crippen molar-refractivity contribution in [2.75, 3.05) is 0 Å². The minimum absolute atomic E-state index is 0.346. The maximum Gasteiger partial charge on any atom is 0.494 e. The minimum atomic E-state index is -0.351. The van der Waals surface area contributed by atoms with Crippen LogP contribution in [0.4, 0.5) is 0 Å². The average Bonchev–Trinajstić information content (AvgIpc) is 3.15. The summed E-state index contributed by atoms with van der Waals surface area (Å²) in [6.07, 6.45) is 1.83. The van der Waals surface area contributed by atoms with Crippen LogP contribution in [0.2, 0.25) is 0 Å². The normalized spacial score (nSPS) is 16.3. The number of benzene rings is 4. The van der Waals surface area contributed by atoms with E-state index >= 15 is 0 Å². The van der Waals surface area contributed by atoms with E-state index in [4.69, 9.17) is 14.3 Å². The summed E-state index contributed by atoms with van der Waals surface area (Å²) in [4.78, 5) is 9.40. The molecule has 0 atom stereocenters. The Bertz CT molecular complexity index is 1560. The van der Waals surface area contributed by atoms with Crippen LogP contribution in [-0.4, -0.2) is 28.3 Å². The molecular weight excluding hydrogens is 455 g/mol. The Labute approximate surface area is 218 Å². The van der Waals surface area contributed by atoms with Crippen molar-refractivity contribution in [1.82, 2.24) is 9.97 Å². The number of hydrogen-bond donors (Lipinski definition) is 0. The zero-order valence-electron chi connectivity index (χ0n) is 21.6. The van der Waals surface area contributed by atoms with Gasteiger partial charge >= 0.3 is 7.12 Å². The van der Waals surface area contributed by atoms with Gasteiger partial charge in [-0.15, -0.1) is 0 Å². The van der Waals surface area contributed by atoms with Crippen LogP contribution in [0.3, 0.4) is 0 Å². The lowest BCUT2D eigenvalue weighted by Crippen LogP contribution is -2.41. The second kappa shape index (κ2) is 8.95. The summed E-state index contributed by atoms with van der Waals surface area (Å²) < 4.78 is 12.4. The maximum atomic E-state index is 6.19. The Morgan fingerprint density at radius 3 is 1.84 bits per heavy atom. The largest absolute Gasteiger partial charge is 0.494 e. The predicted octanol–water partition coefficient (Wildman–Crippen LogP) is 6.93. The van der Waals surface area contributed by atoms with Gasteiger partial charge in [-0.3, -0.25) is 0 Å². The van der Waals surface area contributed by atoms with Crippen LogP contribution in [0.5, 0.6) is 0 Å². The van der Waals surface area contributed by atoms with Crippen molar-refractivity contribution < 1.29 is 9.31 Å². The summed E-state index contributed by atoms with van der Waals surface area (Å²) in [5.41, 5.74) is 5.60. The second-order valence-corrected chi connectivity index (χ2v) is 10.6. The van der Waals surface area contributed by atoms with E-state index in [-0.39, 0.29) is 18.3 Å². The smallest absolute Gasteiger partial charge is 0.399 e. The van der Waals surface area contributed by atoms with E-state index in [9.17, 15) is 0 Å². The fraction of sp³-hybridized carbons (Fsp3) is 0.188. The molecule has 4 aromatic carbocycles. The van der Waals surface area contributed by atoms with E-state index in [2.05, 4.69) is 124 Å². The first-order valence-corrected chi connectivity index (χ1v) is 12.7. The van der Waals surface area contributed by atoms with Crippen LogP contribution in [-0.2, 0) is 9.31 Å². The maximum absolute atomic E-state index is 6.19. The van der Waals surface area contributed by atoms with Gasteiger partial charge in [0.25, 0.3) is 0 Å². The molecule has 1 aliphatic heterocycles. The molecule has 0 bridgehead atoms. The molecule has 37 heavy (non-hydrogen) atoms. The summed E-state index contributed by atoms with van der Waals surface area (Å²) >= 11 is 0. The summed E-state index contributed by atoms with van der Waals surface area (Å²) in [7, 11) is -0.351. The molecule has 5 aromatic rings. The number of hydrogen-bond acceptors (Lipinski definition) is 4. The van der Waals surface area contributed by atoms with E-state index in [1.165, 1.54) is 10.8 Å². The second-order valence-electron chi connectivity index (χ2n) is 10.6. The van der Waals surface area contributed by atoms with Crippen LogP contribution >= 0.6 is 0 Å². The highest BCUT2D eigenvalue weighted by atomic mass is 16.7. The van der Waals surface area contributed by atoms with Gasteiger partial charge in [-0.25, -0.2) is 9.97 Å².